The summed E-state index contributed by atoms with van der Waals surface area (Å²) >= 11 is 18.3. The van der Waals surface area contributed by atoms with Gasteiger partial charge in [0.05, 0.1) is 12.8 Å². The first-order valence-electron chi connectivity index (χ1n) is 9.84. The highest BCUT2D eigenvalue weighted by Gasteiger charge is 2.38. The van der Waals surface area contributed by atoms with Gasteiger partial charge in [-0.3, -0.25) is 0 Å². The fourth-order valence-electron chi connectivity index (χ4n) is 4.34. The van der Waals surface area contributed by atoms with Crippen LogP contribution in [0.2, 0.25) is 10.0 Å². The maximum atomic E-state index is 6.42. The molecule has 0 amide bonds. The molecule has 1 aromatic heterocycles. The Labute approximate surface area is 188 Å². The Kier molecular flexibility index (Phi) is 6.84. The smallest absolute Gasteiger partial charge is 0.169 e. The molecule has 4 nitrogen and oxygen atoms in total. The lowest BCUT2D eigenvalue weighted by atomic mass is 9.80. The van der Waals surface area contributed by atoms with E-state index < -0.39 is 0 Å². The van der Waals surface area contributed by atoms with Crippen LogP contribution < -0.4 is 10.6 Å². The average molecular weight is 454 g/mol. The number of hydrogen-bond donors (Lipinski definition) is 2. The Balaban J connectivity index is 1.77. The summed E-state index contributed by atoms with van der Waals surface area (Å²) in [5.74, 6) is 0.852. The zero-order valence-corrected chi connectivity index (χ0v) is 19.7. The van der Waals surface area contributed by atoms with E-state index in [2.05, 4.69) is 43.2 Å². The van der Waals surface area contributed by atoms with Crippen molar-refractivity contribution in [3.05, 3.63) is 58.0 Å². The summed E-state index contributed by atoms with van der Waals surface area (Å²) < 4.78 is 5.56. The second-order valence-electron chi connectivity index (χ2n) is 9.12. The molecule has 158 valence electrons. The fourth-order valence-corrected chi connectivity index (χ4v) is 5.10. The van der Waals surface area contributed by atoms with Gasteiger partial charge in [-0.05, 0) is 82.6 Å². The maximum absolute atomic E-state index is 6.42. The largest absolute Gasteiger partial charge is 0.467 e. The molecule has 2 aromatic rings. The number of nitrogens with zero attached hydrogens (tertiary/aromatic N) is 1. The molecule has 1 fully saturated rings. The topological polar surface area (TPSA) is 40.4 Å². The number of rotatable bonds is 5. The molecule has 2 N–H and O–H groups in total. The summed E-state index contributed by atoms with van der Waals surface area (Å²) in [6.45, 7) is 10.1. The quantitative estimate of drug-likeness (QED) is 0.561. The van der Waals surface area contributed by atoms with Crippen molar-refractivity contribution in [3.63, 3.8) is 0 Å². The van der Waals surface area contributed by atoms with E-state index in [9.17, 15) is 0 Å². The van der Waals surface area contributed by atoms with Crippen molar-refractivity contribution in [3.8, 4) is 0 Å². The number of benzene rings is 1. The SMILES string of the molecule is CC1(C)CC(NC(=S)N(Cc2ccco2)Cc2ccc(Cl)cc2Cl)CC(C)(C)N1. The summed E-state index contributed by atoms with van der Waals surface area (Å²) in [5.41, 5.74) is 1.05. The van der Waals surface area contributed by atoms with Gasteiger partial charge in [0.25, 0.3) is 0 Å². The number of halogens is 2. The van der Waals surface area contributed by atoms with E-state index in [-0.39, 0.29) is 17.1 Å². The van der Waals surface area contributed by atoms with Crippen molar-refractivity contribution in [2.75, 3.05) is 0 Å². The van der Waals surface area contributed by atoms with Crippen LogP contribution in [0.4, 0.5) is 0 Å². The Morgan fingerprint density at radius 1 is 1.17 bits per heavy atom. The monoisotopic (exact) mass is 453 g/mol. The van der Waals surface area contributed by atoms with E-state index in [1.54, 1.807) is 12.3 Å². The first-order chi connectivity index (χ1) is 13.5. The Hall–Kier alpha value is -1.27. The lowest BCUT2D eigenvalue weighted by molar-refractivity contribution is 0.153. The lowest BCUT2D eigenvalue weighted by Gasteiger charge is -2.47. The van der Waals surface area contributed by atoms with Crippen LogP contribution in [0.5, 0.6) is 0 Å². The van der Waals surface area contributed by atoms with Gasteiger partial charge in [0.15, 0.2) is 5.11 Å². The van der Waals surface area contributed by atoms with Gasteiger partial charge in [-0.1, -0.05) is 29.3 Å². The lowest BCUT2D eigenvalue weighted by Crippen LogP contribution is -2.62. The fraction of sp³-hybridized carbons (Fsp3) is 0.500. The van der Waals surface area contributed by atoms with Gasteiger partial charge in [0.1, 0.15) is 5.76 Å². The molecule has 0 bridgehead atoms. The number of thiocarbonyl (C=S) groups is 1. The molecule has 3 rings (SSSR count). The summed E-state index contributed by atoms with van der Waals surface area (Å²) in [5, 5.41) is 9.27. The van der Waals surface area contributed by atoms with Crippen molar-refractivity contribution in [2.24, 2.45) is 0 Å². The van der Waals surface area contributed by atoms with Crippen LogP contribution in [-0.4, -0.2) is 27.1 Å². The summed E-state index contributed by atoms with van der Waals surface area (Å²) in [4.78, 5) is 2.09. The van der Waals surface area contributed by atoms with Gasteiger partial charge < -0.3 is 20.0 Å². The standard InChI is InChI=1S/C22H29Cl2N3OS/c1-21(2)11-17(12-22(3,4)26-21)25-20(29)27(14-18-6-5-9-28-18)13-15-7-8-16(23)10-19(15)24/h5-10,17,26H,11-14H2,1-4H3,(H,25,29). The van der Waals surface area contributed by atoms with E-state index in [4.69, 9.17) is 39.8 Å². The molecule has 2 heterocycles. The molecule has 0 saturated carbocycles. The number of furan rings is 1. The number of piperidine rings is 1. The van der Waals surface area contributed by atoms with Gasteiger partial charge in [-0.25, -0.2) is 0 Å². The van der Waals surface area contributed by atoms with Crippen LogP contribution in [0.15, 0.2) is 41.0 Å². The molecule has 1 aliphatic heterocycles. The summed E-state index contributed by atoms with van der Waals surface area (Å²) in [6, 6.07) is 9.68. The normalized spacial score (nSPS) is 18.4. The Bertz CT molecular complexity index is 836. The van der Waals surface area contributed by atoms with E-state index >= 15 is 0 Å². The molecule has 1 aromatic carbocycles. The first-order valence-corrected chi connectivity index (χ1v) is 11.0. The third kappa shape index (κ3) is 6.35. The molecule has 0 unspecified atom stereocenters. The molecule has 1 saturated heterocycles. The molecular weight excluding hydrogens is 425 g/mol. The zero-order valence-electron chi connectivity index (χ0n) is 17.4. The molecule has 0 spiro atoms. The number of nitrogens with one attached hydrogen (secondary N) is 2. The minimum Gasteiger partial charge on any atom is -0.467 e. The highest BCUT2D eigenvalue weighted by Crippen LogP contribution is 2.29. The van der Waals surface area contributed by atoms with Crippen LogP contribution in [0.1, 0.15) is 51.9 Å². The van der Waals surface area contributed by atoms with Gasteiger partial charge in [0.2, 0.25) is 0 Å². The van der Waals surface area contributed by atoms with Crippen molar-refractivity contribution in [1.29, 1.82) is 0 Å². The van der Waals surface area contributed by atoms with Crippen LogP contribution in [0.3, 0.4) is 0 Å². The highest BCUT2D eigenvalue weighted by molar-refractivity contribution is 7.80. The van der Waals surface area contributed by atoms with Crippen LogP contribution in [0, 0.1) is 0 Å². The molecule has 29 heavy (non-hydrogen) atoms. The van der Waals surface area contributed by atoms with E-state index in [0.717, 1.165) is 24.2 Å². The second-order valence-corrected chi connectivity index (χ2v) is 10.3. The molecule has 0 aliphatic carbocycles. The summed E-state index contributed by atoms with van der Waals surface area (Å²) in [6.07, 6.45) is 3.66. The summed E-state index contributed by atoms with van der Waals surface area (Å²) in [7, 11) is 0. The average Bonchev–Trinajstić information content (AvgIpc) is 3.06. The van der Waals surface area contributed by atoms with Crippen molar-refractivity contribution < 1.29 is 4.42 Å². The van der Waals surface area contributed by atoms with Gasteiger partial charge in [0, 0.05) is 33.7 Å². The molecule has 0 radical (unpaired) electrons. The van der Waals surface area contributed by atoms with Crippen LogP contribution >= 0.6 is 35.4 Å². The van der Waals surface area contributed by atoms with Crippen molar-refractivity contribution in [2.45, 2.75) is 70.7 Å². The predicted molar refractivity (Wildman–Crippen MR) is 124 cm³/mol. The molecule has 0 atom stereocenters. The Morgan fingerprint density at radius 2 is 1.86 bits per heavy atom. The predicted octanol–water partition coefficient (Wildman–Crippen LogP) is 5.77. The Morgan fingerprint density at radius 3 is 2.45 bits per heavy atom. The molecule has 7 heteroatoms. The third-order valence-electron chi connectivity index (χ3n) is 5.11. The van der Waals surface area contributed by atoms with Gasteiger partial charge in [-0.15, -0.1) is 0 Å². The molecule has 1 aliphatic rings. The van der Waals surface area contributed by atoms with E-state index in [0.29, 0.717) is 28.2 Å². The second kappa shape index (κ2) is 8.84. The number of hydrogen-bond acceptors (Lipinski definition) is 3. The van der Waals surface area contributed by atoms with Crippen molar-refractivity contribution >= 4 is 40.5 Å². The highest BCUT2D eigenvalue weighted by atomic mass is 35.5. The van der Waals surface area contributed by atoms with Crippen molar-refractivity contribution in [1.82, 2.24) is 15.5 Å². The maximum Gasteiger partial charge on any atom is 0.169 e. The van der Waals surface area contributed by atoms with E-state index in [1.807, 2.05) is 24.3 Å². The third-order valence-corrected chi connectivity index (χ3v) is 6.07. The molecular formula is C22H29Cl2N3OS. The minimum absolute atomic E-state index is 0.0420. The zero-order chi connectivity index (χ0) is 21.2. The van der Waals surface area contributed by atoms with Crippen LogP contribution in [-0.2, 0) is 13.1 Å². The van der Waals surface area contributed by atoms with Gasteiger partial charge >= 0.3 is 0 Å². The first kappa shape index (κ1) is 22.4. The van der Waals surface area contributed by atoms with E-state index in [1.165, 1.54) is 0 Å². The minimum atomic E-state index is 0.0420. The van der Waals surface area contributed by atoms with Gasteiger partial charge in [-0.2, -0.15) is 0 Å². The van der Waals surface area contributed by atoms with Crippen LogP contribution in [0.25, 0.3) is 0 Å².